The van der Waals surface area contributed by atoms with Gasteiger partial charge in [0.1, 0.15) is 11.1 Å². The molecule has 0 saturated heterocycles. The summed E-state index contributed by atoms with van der Waals surface area (Å²) in [5.74, 6) is -0.622. The molecule has 7 heteroatoms. The van der Waals surface area contributed by atoms with E-state index >= 15 is 0 Å². The van der Waals surface area contributed by atoms with Crippen LogP contribution >= 0.6 is 0 Å². The highest BCUT2D eigenvalue weighted by molar-refractivity contribution is 7.85. The Hall–Kier alpha value is -1.44. The topological polar surface area (TPSA) is 95.7 Å². The van der Waals surface area contributed by atoms with E-state index in [1.807, 2.05) is 0 Å². The van der Waals surface area contributed by atoms with Gasteiger partial charge in [0.05, 0.1) is 12.9 Å². The van der Waals surface area contributed by atoms with E-state index in [0.717, 1.165) is 6.26 Å². The summed E-state index contributed by atoms with van der Waals surface area (Å²) in [6, 6.07) is 8.69. The summed E-state index contributed by atoms with van der Waals surface area (Å²) in [5.41, 5.74) is 4.62. The van der Waals surface area contributed by atoms with E-state index in [2.05, 4.69) is 0 Å². The van der Waals surface area contributed by atoms with Gasteiger partial charge in [-0.25, -0.2) is 4.79 Å². The standard InChI is InChI=1S/C15H23NO5S/c1-14(2,3)21-13(17)15(16,10-11-20-22(4,18)19)12-8-6-5-7-9-12/h5-9H,10-11,16H2,1-4H3/t15-/m0/s1. The molecule has 0 aliphatic carbocycles. The summed E-state index contributed by atoms with van der Waals surface area (Å²) >= 11 is 0. The van der Waals surface area contributed by atoms with Gasteiger partial charge in [0.15, 0.2) is 0 Å². The summed E-state index contributed by atoms with van der Waals surface area (Å²) in [7, 11) is -3.60. The maximum atomic E-state index is 12.5. The van der Waals surface area contributed by atoms with Crippen molar-refractivity contribution in [1.82, 2.24) is 0 Å². The molecule has 22 heavy (non-hydrogen) atoms. The first-order valence-corrected chi connectivity index (χ1v) is 8.68. The average molecular weight is 329 g/mol. The second-order valence-corrected chi connectivity index (χ2v) is 7.76. The lowest BCUT2D eigenvalue weighted by Gasteiger charge is -2.31. The zero-order valence-corrected chi connectivity index (χ0v) is 14.1. The molecule has 6 nitrogen and oxygen atoms in total. The summed E-state index contributed by atoms with van der Waals surface area (Å²) in [6.45, 7) is 5.01. The molecule has 0 aliphatic rings. The Labute approximate surface area is 131 Å². The van der Waals surface area contributed by atoms with Gasteiger partial charge in [-0.2, -0.15) is 8.42 Å². The van der Waals surface area contributed by atoms with Gasteiger partial charge in [-0.1, -0.05) is 30.3 Å². The van der Waals surface area contributed by atoms with Crippen LogP contribution in [0.4, 0.5) is 0 Å². The number of nitrogens with two attached hydrogens (primary N) is 1. The monoisotopic (exact) mass is 329 g/mol. The van der Waals surface area contributed by atoms with Gasteiger partial charge in [0.25, 0.3) is 10.1 Å². The van der Waals surface area contributed by atoms with Crippen molar-refractivity contribution in [2.24, 2.45) is 5.73 Å². The third-order valence-corrected chi connectivity index (χ3v) is 3.44. The number of ether oxygens (including phenoxy) is 1. The first kappa shape index (κ1) is 18.6. The highest BCUT2D eigenvalue weighted by Crippen LogP contribution is 2.26. The van der Waals surface area contributed by atoms with Crippen LogP contribution in [0, 0.1) is 0 Å². The van der Waals surface area contributed by atoms with Crippen molar-refractivity contribution in [3.05, 3.63) is 35.9 Å². The molecule has 0 heterocycles. The molecule has 1 rings (SSSR count). The third-order valence-electron chi connectivity index (χ3n) is 2.85. The molecule has 0 amide bonds. The van der Waals surface area contributed by atoms with Crippen LogP contribution in [-0.2, 0) is 29.4 Å². The number of carbonyl (C=O) groups excluding carboxylic acids is 1. The van der Waals surface area contributed by atoms with E-state index in [4.69, 9.17) is 14.7 Å². The third kappa shape index (κ3) is 5.75. The number of rotatable bonds is 6. The molecule has 0 unspecified atom stereocenters. The van der Waals surface area contributed by atoms with Crippen molar-refractivity contribution in [3.8, 4) is 0 Å². The maximum Gasteiger partial charge on any atom is 0.331 e. The van der Waals surface area contributed by atoms with Crippen LogP contribution in [0.15, 0.2) is 30.3 Å². The molecular formula is C15H23NO5S. The molecule has 1 aromatic rings. The maximum absolute atomic E-state index is 12.5. The Morgan fingerprint density at radius 2 is 1.73 bits per heavy atom. The van der Waals surface area contributed by atoms with Crippen LogP contribution in [0.2, 0.25) is 0 Å². The zero-order valence-electron chi connectivity index (χ0n) is 13.3. The number of benzene rings is 1. The molecule has 0 bridgehead atoms. The highest BCUT2D eigenvalue weighted by atomic mass is 32.2. The molecule has 0 aromatic heterocycles. The minimum Gasteiger partial charge on any atom is -0.458 e. The van der Waals surface area contributed by atoms with Gasteiger partial charge >= 0.3 is 5.97 Å². The molecule has 124 valence electrons. The summed E-state index contributed by atoms with van der Waals surface area (Å²) in [6.07, 6.45) is 0.931. The van der Waals surface area contributed by atoms with E-state index < -0.39 is 27.2 Å². The highest BCUT2D eigenvalue weighted by Gasteiger charge is 2.39. The zero-order chi connectivity index (χ0) is 17.0. The minimum absolute atomic E-state index is 0.0149. The Kier molecular flexibility index (Phi) is 5.72. The van der Waals surface area contributed by atoms with E-state index in [-0.39, 0.29) is 13.0 Å². The quantitative estimate of drug-likeness (QED) is 0.628. The fourth-order valence-corrected chi connectivity index (χ4v) is 2.21. The first-order chi connectivity index (χ1) is 9.94. The number of carbonyl (C=O) groups is 1. The van der Waals surface area contributed by atoms with Gasteiger partial charge in [-0.05, 0) is 26.3 Å². The Morgan fingerprint density at radius 3 is 2.18 bits per heavy atom. The molecule has 0 aliphatic heterocycles. The van der Waals surface area contributed by atoms with Crippen molar-refractivity contribution < 1.29 is 22.1 Å². The predicted molar refractivity (Wildman–Crippen MR) is 83.6 cm³/mol. The van der Waals surface area contributed by atoms with Gasteiger partial charge < -0.3 is 10.5 Å². The molecule has 1 aromatic carbocycles. The number of hydrogen-bond donors (Lipinski definition) is 1. The van der Waals surface area contributed by atoms with E-state index in [1.54, 1.807) is 51.1 Å². The number of hydrogen-bond acceptors (Lipinski definition) is 6. The fraction of sp³-hybridized carbons (Fsp3) is 0.533. The van der Waals surface area contributed by atoms with Crippen LogP contribution in [-0.4, -0.2) is 32.9 Å². The average Bonchev–Trinajstić information content (AvgIpc) is 2.36. The van der Waals surface area contributed by atoms with Gasteiger partial charge in [-0.15, -0.1) is 0 Å². The lowest BCUT2D eigenvalue weighted by molar-refractivity contribution is -0.162. The fourth-order valence-electron chi connectivity index (χ4n) is 1.82. The Bertz CT molecular complexity index is 607. The molecule has 1 atom stereocenters. The lowest BCUT2D eigenvalue weighted by Crippen LogP contribution is -2.49. The van der Waals surface area contributed by atoms with Gasteiger partial charge in [0.2, 0.25) is 0 Å². The molecule has 0 radical (unpaired) electrons. The normalized spacial score (nSPS) is 15.1. The van der Waals surface area contributed by atoms with Crippen molar-refractivity contribution in [2.45, 2.75) is 38.3 Å². The molecule has 0 fully saturated rings. The Balaban J connectivity index is 3.02. The Morgan fingerprint density at radius 1 is 1.18 bits per heavy atom. The second-order valence-electron chi connectivity index (χ2n) is 6.12. The number of esters is 1. The molecular weight excluding hydrogens is 306 g/mol. The van der Waals surface area contributed by atoms with E-state index in [0.29, 0.717) is 5.56 Å². The smallest absolute Gasteiger partial charge is 0.331 e. The van der Waals surface area contributed by atoms with Crippen molar-refractivity contribution >= 4 is 16.1 Å². The van der Waals surface area contributed by atoms with Crippen LogP contribution < -0.4 is 5.73 Å². The summed E-state index contributed by atoms with van der Waals surface area (Å²) < 4.78 is 32.2. The van der Waals surface area contributed by atoms with Crippen molar-refractivity contribution in [1.29, 1.82) is 0 Å². The van der Waals surface area contributed by atoms with E-state index in [9.17, 15) is 13.2 Å². The van der Waals surface area contributed by atoms with Crippen molar-refractivity contribution in [3.63, 3.8) is 0 Å². The molecule has 0 spiro atoms. The largest absolute Gasteiger partial charge is 0.458 e. The second kappa shape index (κ2) is 6.76. The summed E-state index contributed by atoms with van der Waals surface area (Å²) in [5, 5.41) is 0. The SMILES string of the molecule is CC(C)(C)OC(=O)[C@](N)(CCOS(C)(=O)=O)c1ccccc1. The van der Waals surface area contributed by atoms with Crippen LogP contribution in [0.1, 0.15) is 32.8 Å². The van der Waals surface area contributed by atoms with Gasteiger partial charge in [0, 0.05) is 6.42 Å². The lowest BCUT2D eigenvalue weighted by atomic mass is 9.88. The van der Waals surface area contributed by atoms with Gasteiger partial charge in [-0.3, -0.25) is 4.18 Å². The molecule has 2 N–H and O–H groups in total. The van der Waals surface area contributed by atoms with Crippen LogP contribution in [0.25, 0.3) is 0 Å². The van der Waals surface area contributed by atoms with Crippen LogP contribution in [0.5, 0.6) is 0 Å². The molecule has 0 saturated carbocycles. The predicted octanol–water partition coefficient (Wildman–Crippen LogP) is 1.55. The van der Waals surface area contributed by atoms with Crippen molar-refractivity contribution in [2.75, 3.05) is 12.9 Å². The minimum atomic E-state index is -3.60. The van der Waals surface area contributed by atoms with E-state index in [1.165, 1.54) is 0 Å². The van der Waals surface area contributed by atoms with Crippen LogP contribution in [0.3, 0.4) is 0 Å². The summed E-state index contributed by atoms with van der Waals surface area (Å²) in [4.78, 5) is 12.5. The first-order valence-electron chi connectivity index (χ1n) is 6.86.